The number of hydrogen-bond donors (Lipinski definition) is 1. The van der Waals surface area contributed by atoms with E-state index in [1.165, 1.54) is 6.08 Å². The SMILES string of the molecule is O=C(O)/C=C/c1ccn(-c2ccccc2)n1. The van der Waals surface area contributed by atoms with Crippen molar-refractivity contribution in [3.63, 3.8) is 0 Å². The monoisotopic (exact) mass is 214 g/mol. The number of nitrogens with zero attached hydrogens (tertiary/aromatic N) is 2. The Bertz CT molecular complexity index is 515. The second-order valence-electron chi connectivity index (χ2n) is 3.19. The van der Waals surface area contributed by atoms with E-state index in [0.717, 1.165) is 11.8 Å². The molecule has 0 spiro atoms. The third-order valence-electron chi connectivity index (χ3n) is 2.03. The van der Waals surface area contributed by atoms with Gasteiger partial charge in [-0.3, -0.25) is 0 Å². The Balaban J connectivity index is 2.23. The number of carboxylic acids is 1. The highest BCUT2D eigenvalue weighted by Gasteiger charge is 1.97. The average molecular weight is 214 g/mol. The van der Waals surface area contributed by atoms with Gasteiger partial charge in [-0.2, -0.15) is 5.10 Å². The maximum absolute atomic E-state index is 10.3. The lowest BCUT2D eigenvalue weighted by atomic mass is 10.3. The molecule has 0 atom stereocenters. The predicted molar refractivity (Wildman–Crippen MR) is 60.2 cm³/mol. The number of rotatable bonds is 3. The van der Waals surface area contributed by atoms with E-state index in [0.29, 0.717) is 5.69 Å². The Morgan fingerprint density at radius 2 is 2.00 bits per heavy atom. The van der Waals surface area contributed by atoms with Crippen molar-refractivity contribution in [3.05, 3.63) is 54.4 Å². The van der Waals surface area contributed by atoms with Crippen molar-refractivity contribution < 1.29 is 9.90 Å². The van der Waals surface area contributed by atoms with Gasteiger partial charge >= 0.3 is 5.97 Å². The molecule has 4 heteroatoms. The van der Waals surface area contributed by atoms with E-state index in [1.807, 2.05) is 30.3 Å². The summed E-state index contributed by atoms with van der Waals surface area (Å²) in [5.41, 5.74) is 1.56. The minimum Gasteiger partial charge on any atom is -0.478 e. The molecular weight excluding hydrogens is 204 g/mol. The van der Waals surface area contributed by atoms with E-state index in [-0.39, 0.29) is 0 Å². The van der Waals surface area contributed by atoms with E-state index in [2.05, 4.69) is 5.10 Å². The lowest BCUT2D eigenvalue weighted by Crippen LogP contribution is -1.94. The van der Waals surface area contributed by atoms with Gasteiger partial charge in [0.05, 0.1) is 11.4 Å². The van der Waals surface area contributed by atoms with Gasteiger partial charge in [-0.05, 0) is 24.3 Å². The molecule has 1 N–H and O–H groups in total. The normalized spacial score (nSPS) is 10.8. The summed E-state index contributed by atoms with van der Waals surface area (Å²) in [5, 5.41) is 12.7. The van der Waals surface area contributed by atoms with Crippen molar-refractivity contribution in [2.24, 2.45) is 0 Å². The van der Waals surface area contributed by atoms with Gasteiger partial charge in [0.1, 0.15) is 0 Å². The number of benzene rings is 1. The fraction of sp³-hybridized carbons (Fsp3) is 0. The molecule has 2 rings (SSSR count). The van der Waals surface area contributed by atoms with E-state index in [9.17, 15) is 4.79 Å². The molecule has 2 aromatic rings. The highest BCUT2D eigenvalue weighted by molar-refractivity contribution is 5.84. The summed E-state index contributed by atoms with van der Waals surface area (Å²) in [5.74, 6) is -0.978. The van der Waals surface area contributed by atoms with Crippen LogP contribution in [0.5, 0.6) is 0 Å². The van der Waals surface area contributed by atoms with Crippen LogP contribution in [0.3, 0.4) is 0 Å². The number of carbonyl (C=O) groups is 1. The summed E-state index contributed by atoms with van der Waals surface area (Å²) in [6.07, 6.45) is 4.32. The quantitative estimate of drug-likeness (QED) is 0.795. The van der Waals surface area contributed by atoms with Crippen LogP contribution in [0.25, 0.3) is 11.8 Å². The molecule has 0 fully saturated rings. The predicted octanol–water partition coefficient (Wildman–Crippen LogP) is 1.97. The van der Waals surface area contributed by atoms with E-state index >= 15 is 0 Å². The van der Waals surface area contributed by atoms with Crippen LogP contribution >= 0.6 is 0 Å². The minimum atomic E-state index is -0.978. The smallest absolute Gasteiger partial charge is 0.328 e. The Hall–Kier alpha value is -2.36. The lowest BCUT2D eigenvalue weighted by Gasteiger charge is -1.98. The lowest BCUT2D eigenvalue weighted by molar-refractivity contribution is -0.131. The highest BCUT2D eigenvalue weighted by Crippen LogP contribution is 2.07. The van der Waals surface area contributed by atoms with Gasteiger partial charge in [0.2, 0.25) is 0 Å². The fourth-order valence-electron chi connectivity index (χ4n) is 1.31. The largest absolute Gasteiger partial charge is 0.478 e. The molecule has 80 valence electrons. The molecule has 16 heavy (non-hydrogen) atoms. The summed E-state index contributed by atoms with van der Waals surface area (Å²) < 4.78 is 1.70. The Morgan fingerprint density at radius 3 is 2.69 bits per heavy atom. The van der Waals surface area contributed by atoms with E-state index in [1.54, 1.807) is 16.9 Å². The van der Waals surface area contributed by atoms with Crippen LogP contribution in [0.2, 0.25) is 0 Å². The van der Waals surface area contributed by atoms with Crippen molar-refractivity contribution in [2.45, 2.75) is 0 Å². The molecule has 0 bridgehead atoms. The zero-order valence-corrected chi connectivity index (χ0v) is 8.45. The van der Waals surface area contributed by atoms with Crippen molar-refractivity contribution in [3.8, 4) is 5.69 Å². The molecule has 0 aliphatic carbocycles. The van der Waals surface area contributed by atoms with Gasteiger partial charge in [0, 0.05) is 12.3 Å². The third-order valence-corrected chi connectivity index (χ3v) is 2.03. The third kappa shape index (κ3) is 2.36. The van der Waals surface area contributed by atoms with Crippen LogP contribution < -0.4 is 0 Å². The van der Waals surface area contributed by atoms with Gasteiger partial charge in [-0.15, -0.1) is 0 Å². The molecule has 0 saturated carbocycles. The first-order chi connectivity index (χ1) is 7.75. The van der Waals surface area contributed by atoms with Crippen molar-refractivity contribution in [1.82, 2.24) is 9.78 Å². The van der Waals surface area contributed by atoms with Crippen LogP contribution in [-0.4, -0.2) is 20.9 Å². The molecule has 1 aromatic heterocycles. The summed E-state index contributed by atoms with van der Waals surface area (Å²) in [4.78, 5) is 10.3. The van der Waals surface area contributed by atoms with Gasteiger partial charge in [-0.1, -0.05) is 18.2 Å². The zero-order chi connectivity index (χ0) is 11.4. The Labute approximate surface area is 92.5 Å². The van der Waals surface area contributed by atoms with E-state index in [4.69, 9.17) is 5.11 Å². The topological polar surface area (TPSA) is 55.1 Å². The average Bonchev–Trinajstić information content (AvgIpc) is 2.76. The first-order valence-corrected chi connectivity index (χ1v) is 4.78. The first kappa shape index (κ1) is 10.2. The summed E-state index contributed by atoms with van der Waals surface area (Å²) in [6.45, 7) is 0. The molecule has 0 saturated heterocycles. The summed E-state index contributed by atoms with van der Waals surface area (Å²) in [6, 6.07) is 11.4. The molecule has 0 amide bonds. The van der Waals surface area contributed by atoms with Crippen LogP contribution in [0, 0.1) is 0 Å². The Kier molecular flexibility index (Phi) is 2.82. The maximum atomic E-state index is 10.3. The second-order valence-corrected chi connectivity index (χ2v) is 3.19. The summed E-state index contributed by atoms with van der Waals surface area (Å²) >= 11 is 0. The molecule has 0 aliphatic rings. The van der Waals surface area contributed by atoms with Gasteiger partial charge < -0.3 is 5.11 Å². The number of hydrogen-bond acceptors (Lipinski definition) is 2. The van der Waals surface area contributed by atoms with Crippen LogP contribution in [0.4, 0.5) is 0 Å². The molecule has 0 unspecified atom stereocenters. The minimum absolute atomic E-state index is 0.617. The van der Waals surface area contributed by atoms with Crippen molar-refractivity contribution in [1.29, 1.82) is 0 Å². The number of carboxylic acid groups (broad SMARTS) is 1. The van der Waals surface area contributed by atoms with Gasteiger partial charge in [0.15, 0.2) is 0 Å². The van der Waals surface area contributed by atoms with Gasteiger partial charge in [0.25, 0.3) is 0 Å². The van der Waals surface area contributed by atoms with Crippen molar-refractivity contribution in [2.75, 3.05) is 0 Å². The highest BCUT2D eigenvalue weighted by atomic mass is 16.4. The zero-order valence-electron chi connectivity index (χ0n) is 8.45. The number of aliphatic carboxylic acids is 1. The molecule has 1 aromatic carbocycles. The standard InChI is InChI=1S/C12H10N2O2/c15-12(16)7-6-10-8-9-14(13-10)11-4-2-1-3-5-11/h1-9H,(H,15,16)/b7-6+. The van der Waals surface area contributed by atoms with Crippen LogP contribution in [0.1, 0.15) is 5.69 Å². The molecular formula is C12H10N2O2. The number of para-hydroxylation sites is 1. The molecule has 1 heterocycles. The summed E-state index contributed by atoms with van der Waals surface area (Å²) in [7, 11) is 0. The molecule has 4 nitrogen and oxygen atoms in total. The fourth-order valence-corrected chi connectivity index (χ4v) is 1.31. The molecule has 0 aliphatic heterocycles. The van der Waals surface area contributed by atoms with E-state index < -0.39 is 5.97 Å². The Morgan fingerprint density at radius 1 is 1.25 bits per heavy atom. The van der Waals surface area contributed by atoms with Crippen LogP contribution in [0.15, 0.2) is 48.7 Å². The first-order valence-electron chi connectivity index (χ1n) is 4.78. The number of aromatic nitrogens is 2. The molecule has 0 radical (unpaired) electrons. The van der Waals surface area contributed by atoms with Gasteiger partial charge in [-0.25, -0.2) is 9.48 Å². The van der Waals surface area contributed by atoms with Crippen molar-refractivity contribution >= 4 is 12.0 Å². The van der Waals surface area contributed by atoms with Crippen LogP contribution in [-0.2, 0) is 4.79 Å². The second kappa shape index (κ2) is 4.44. The maximum Gasteiger partial charge on any atom is 0.328 e.